The third kappa shape index (κ3) is 3.30. The maximum absolute atomic E-state index is 14.1. The third-order valence-corrected chi connectivity index (χ3v) is 3.10. The van der Waals surface area contributed by atoms with E-state index in [1.807, 2.05) is 0 Å². The number of hydrogen-bond acceptors (Lipinski definition) is 6. The van der Waals surface area contributed by atoms with E-state index in [0.29, 0.717) is 12.1 Å². The third-order valence-electron chi connectivity index (χ3n) is 3.10. The number of anilines is 1. The summed E-state index contributed by atoms with van der Waals surface area (Å²) in [5, 5.41) is 0. The number of hydrogen-bond donors (Lipinski definition) is 1. The molecule has 25 heavy (non-hydrogen) atoms. The lowest BCUT2D eigenvalue weighted by molar-refractivity contribution is -0.140. The standard InChI is InChI=1S/C14H10F5N3O3/c1-24-10-9(13(23)25-2)21-12(22-11(10)20)5-3-4-6(14(17,18)19)8(16)7(5)15/h3-4H,1-2H3,(H2,20,21,22). The summed E-state index contributed by atoms with van der Waals surface area (Å²) in [6, 6.07) is 0.957. The zero-order valence-electron chi connectivity index (χ0n) is 12.7. The molecule has 1 aromatic carbocycles. The molecular formula is C14H10F5N3O3. The van der Waals surface area contributed by atoms with Gasteiger partial charge in [-0.05, 0) is 12.1 Å². The lowest BCUT2D eigenvalue weighted by atomic mass is 10.1. The molecule has 0 spiro atoms. The molecule has 1 aromatic heterocycles. The van der Waals surface area contributed by atoms with Crippen molar-refractivity contribution in [1.82, 2.24) is 9.97 Å². The molecule has 0 aliphatic rings. The molecule has 6 nitrogen and oxygen atoms in total. The minimum Gasteiger partial charge on any atom is -0.491 e. The van der Waals surface area contributed by atoms with Crippen LogP contribution in [-0.4, -0.2) is 30.2 Å². The van der Waals surface area contributed by atoms with Crippen molar-refractivity contribution in [1.29, 1.82) is 0 Å². The summed E-state index contributed by atoms with van der Waals surface area (Å²) >= 11 is 0. The van der Waals surface area contributed by atoms with E-state index in [4.69, 9.17) is 10.5 Å². The van der Waals surface area contributed by atoms with E-state index >= 15 is 0 Å². The molecule has 2 N–H and O–H groups in total. The Hall–Kier alpha value is -2.98. The van der Waals surface area contributed by atoms with Gasteiger partial charge >= 0.3 is 12.1 Å². The Morgan fingerprint density at radius 2 is 1.76 bits per heavy atom. The maximum atomic E-state index is 14.1. The Balaban J connectivity index is 2.69. The number of ether oxygens (including phenoxy) is 2. The van der Waals surface area contributed by atoms with Crippen LogP contribution in [0, 0.1) is 11.6 Å². The van der Waals surface area contributed by atoms with Crippen molar-refractivity contribution in [3.63, 3.8) is 0 Å². The zero-order valence-corrected chi connectivity index (χ0v) is 12.7. The van der Waals surface area contributed by atoms with Gasteiger partial charge in [0.25, 0.3) is 0 Å². The second-order valence-electron chi connectivity index (χ2n) is 4.59. The van der Waals surface area contributed by atoms with Gasteiger partial charge in [0.2, 0.25) is 0 Å². The normalized spacial score (nSPS) is 11.3. The Morgan fingerprint density at radius 1 is 1.12 bits per heavy atom. The van der Waals surface area contributed by atoms with Crippen LogP contribution in [-0.2, 0) is 10.9 Å². The van der Waals surface area contributed by atoms with Gasteiger partial charge in [-0.25, -0.2) is 23.5 Å². The van der Waals surface area contributed by atoms with Crippen LogP contribution in [0.1, 0.15) is 16.1 Å². The van der Waals surface area contributed by atoms with Gasteiger partial charge in [0.05, 0.1) is 25.3 Å². The molecule has 11 heteroatoms. The molecule has 0 aliphatic carbocycles. The average molecular weight is 363 g/mol. The molecule has 0 atom stereocenters. The number of benzene rings is 1. The minimum atomic E-state index is -5.08. The lowest BCUT2D eigenvalue weighted by Gasteiger charge is -2.13. The SMILES string of the molecule is COC(=O)c1nc(-c2ccc(C(F)(F)F)c(F)c2F)nc(N)c1OC. The highest BCUT2D eigenvalue weighted by Gasteiger charge is 2.36. The topological polar surface area (TPSA) is 87.3 Å². The van der Waals surface area contributed by atoms with Crippen molar-refractivity contribution in [3.8, 4) is 17.1 Å². The summed E-state index contributed by atoms with van der Waals surface area (Å²) in [6.45, 7) is 0. The summed E-state index contributed by atoms with van der Waals surface area (Å²) in [5.74, 6) is -6.27. The molecule has 134 valence electrons. The van der Waals surface area contributed by atoms with E-state index in [-0.39, 0.29) is 5.75 Å². The molecule has 0 fully saturated rings. The molecule has 0 radical (unpaired) electrons. The van der Waals surface area contributed by atoms with Crippen LogP contribution in [0.25, 0.3) is 11.4 Å². The molecule has 0 aliphatic heterocycles. The van der Waals surface area contributed by atoms with Gasteiger partial charge in [-0.3, -0.25) is 0 Å². The Labute approximate surface area is 137 Å². The van der Waals surface area contributed by atoms with E-state index in [1.54, 1.807) is 0 Å². The molecule has 0 bridgehead atoms. The molecule has 0 saturated carbocycles. The van der Waals surface area contributed by atoms with E-state index in [1.165, 1.54) is 0 Å². The predicted molar refractivity (Wildman–Crippen MR) is 74.7 cm³/mol. The summed E-state index contributed by atoms with van der Waals surface area (Å²) < 4.78 is 74.9. The van der Waals surface area contributed by atoms with E-state index in [9.17, 15) is 26.7 Å². The van der Waals surface area contributed by atoms with Crippen molar-refractivity contribution >= 4 is 11.8 Å². The molecule has 2 aromatic rings. The Morgan fingerprint density at radius 3 is 2.28 bits per heavy atom. The number of methoxy groups -OCH3 is 2. The number of carbonyl (C=O) groups excluding carboxylic acids is 1. The van der Waals surface area contributed by atoms with Crippen LogP contribution in [0.3, 0.4) is 0 Å². The zero-order chi connectivity index (χ0) is 18.9. The van der Waals surface area contributed by atoms with Crippen LogP contribution in [0.15, 0.2) is 12.1 Å². The van der Waals surface area contributed by atoms with Gasteiger partial charge in [-0.2, -0.15) is 13.2 Å². The number of rotatable bonds is 3. The van der Waals surface area contributed by atoms with Crippen molar-refractivity contribution in [2.75, 3.05) is 20.0 Å². The lowest BCUT2D eigenvalue weighted by Crippen LogP contribution is -2.13. The number of nitrogen functional groups attached to an aromatic ring is 1. The highest BCUT2D eigenvalue weighted by molar-refractivity contribution is 5.92. The number of nitrogens with two attached hydrogens (primary N) is 1. The Kier molecular flexibility index (Phi) is 4.77. The van der Waals surface area contributed by atoms with Crippen LogP contribution >= 0.6 is 0 Å². The monoisotopic (exact) mass is 363 g/mol. The van der Waals surface area contributed by atoms with E-state index in [2.05, 4.69) is 14.7 Å². The Bertz CT molecular complexity index is 839. The summed E-state index contributed by atoms with van der Waals surface area (Å²) in [5.41, 5.74) is 2.57. The molecule has 2 rings (SSSR count). The quantitative estimate of drug-likeness (QED) is 0.667. The highest BCUT2D eigenvalue weighted by Crippen LogP contribution is 2.36. The average Bonchev–Trinajstić information content (AvgIpc) is 2.54. The fraction of sp³-hybridized carbons (Fsp3) is 0.214. The van der Waals surface area contributed by atoms with Crippen molar-refractivity contribution in [3.05, 3.63) is 35.0 Å². The maximum Gasteiger partial charge on any atom is 0.419 e. The van der Waals surface area contributed by atoms with Crippen molar-refractivity contribution in [2.45, 2.75) is 6.18 Å². The second kappa shape index (κ2) is 6.49. The summed E-state index contributed by atoms with van der Waals surface area (Å²) in [4.78, 5) is 19.0. The summed E-state index contributed by atoms with van der Waals surface area (Å²) in [6.07, 6.45) is -5.08. The molecule has 0 unspecified atom stereocenters. The van der Waals surface area contributed by atoms with Gasteiger partial charge in [-0.1, -0.05) is 0 Å². The highest BCUT2D eigenvalue weighted by atomic mass is 19.4. The first kappa shape index (κ1) is 18.4. The minimum absolute atomic E-state index is 0.275. The number of alkyl halides is 3. The van der Waals surface area contributed by atoms with Crippen molar-refractivity contribution in [2.24, 2.45) is 0 Å². The van der Waals surface area contributed by atoms with E-state index in [0.717, 1.165) is 14.2 Å². The second-order valence-corrected chi connectivity index (χ2v) is 4.59. The summed E-state index contributed by atoms with van der Waals surface area (Å²) in [7, 11) is 2.18. The smallest absolute Gasteiger partial charge is 0.419 e. The van der Waals surface area contributed by atoms with Gasteiger partial charge in [0.1, 0.15) is 0 Å². The number of aromatic nitrogens is 2. The molecule has 0 amide bonds. The van der Waals surface area contributed by atoms with Gasteiger partial charge < -0.3 is 15.2 Å². The molecule has 0 saturated heterocycles. The van der Waals surface area contributed by atoms with Crippen LogP contribution in [0.4, 0.5) is 27.8 Å². The molecule has 1 heterocycles. The number of carbonyl (C=O) groups is 1. The van der Waals surface area contributed by atoms with Crippen LogP contribution < -0.4 is 10.5 Å². The number of esters is 1. The first-order valence-corrected chi connectivity index (χ1v) is 6.47. The van der Waals surface area contributed by atoms with E-state index < -0.39 is 52.2 Å². The van der Waals surface area contributed by atoms with Crippen molar-refractivity contribution < 1.29 is 36.2 Å². The molecular weight excluding hydrogens is 353 g/mol. The first-order valence-electron chi connectivity index (χ1n) is 6.47. The van der Waals surface area contributed by atoms with Gasteiger partial charge in [0, 0.05) is 0 Å². The number of nitrogens with zero attached hydrogens (tertiary/aromatic N) is 2. The van der Waals surface area contributed by atoms with Gasteiger partial charge in [0.15, 0.2) is 34.7 Å². The predicted octanol–water partition coefficient (Wildman–Crippen LogP) is 2.82. The number of halogens is 5. The fourth-order valence-electron chi connectivity index (χ4n) is 1.97. The first-order chi connectivity index (χ1) is 11.6. The fourth-order valence-corrected chi connectivity index (χ4v) is 1.97. The van der Waals surface area contributed by atoms with Crippen LogP contribution in [0.2, 0.25) is 0 Å². The van der Waals surface area contributed by atoms with Crippen LogP contribution in [0.5, 0.6) is 5.75 Å². The van der Waals surface area contributed by atoms with Gasteiger partial charge in [-0.15, -0.1) is 0 Å². The largest absolute Gasteiger partial charge is 0.491 e.